The Bertz CT molecular complexity index is 1330. The summed E-state index contributed by atoms with van der Waals surface area (Å²) in [4.78, 5) is 20.5. The van der Waals surface area contributed by atoms with Crippen LogP contribution in [-0.4, -0.2) is 40.2 Å². The Kier molecular flexibility index (Phi) is 7.46. The van der Waals surface area contributed by atoms with Crippen LogP contribution in [0.3, 0.4) is 0 Å². The van der Waals surface area contributed by atoms with E-state index in [0.717, 1.165) is 28.5 Å². The molecule has 7 heteroatoms. The summed E-state index contributed by atoms with van der Waals surface area (Å²) in [5.74, 6) is -0.564. The Morgan fingerprint density at radius 3 is 2.74 bits per heavy atom. The van der Waals surface area contributed by atoms with Gasteiger partial charge in [0.2, 0.25) is 5.95 Å². The van der Waals surface area contributed by atoms with Gasteiger partial charge < -0.3 is 20.1 Å². The normalized spacial score (nSPS) is 12.9. The van der Waals surface area contributed by atoms with Gasteiger partial charge in [-0.15, -0.1) is 0 Å². The predicted molar refractivity (Wildman–Crippen MR) is 135 cm³/mol. The van der Waals surface area contributed by atoms with Gasteiger partial charge in [-0.1, -0.05) is 38.1 Å². The number of aliphatic hydroxyl groups excluding tert-OH is 1. The number of benzene rings is 2. The van der Waals surface area contributed by atoms with Gasteiger partial charge in [0.05, 0.1) is 24.8 Å². The van der Waals surface area contributed by atoms with Gasteiger partial charge in [-0.05, 0) is 48.7 Å². The number of amides is 1. The van der Waals surface area contributed by atoms with Gasteiger partial charge in [-0.3, -0.25) is 4.79 Å². The molecule has 2 atom stereocenters. The molecule has 0 aliphatic heterocycles. The number of hydrogen-bond acceptors (Lipinski definition) is 4. The molecule has 3 N–H and O–H groups in total. The molecule has 0 aliphatic rings. The predicted octanol–water partition coefficient (Wildman–Crippen LogP) is 5.36. The van der Waals surface area contributed by atoms with Crippen molar-refractivity contribution >= 4 is 16.8 Å². The molecule has 2 heterocycles. The average Bonchev–Trinajstić information content (AvgIpc) is 3.31. The minimum Gasteiger partial charge on any atom is -0.493 e. The summed E-state index contributed by atoms with van der Waals surface area (Å²) in [6.07, 6.45) is 4.16. The second-order valence-electron chi connectivity index (χ2n) is 8.73. The summed E-state index contributed by atoms with van der Waals surface area (Å²) < 4.78 is 19.5. The number of aromatic amines is 1. The molecule has 2 aromatic heterocycles. The topological polar surface area (TPSA) is 87.2 Å². The van der Waals surface area contributed by atoms with Crippen LogP contribution in [0.4, 0.5) is 4.39 Å². The number of hydrogen-bond donors (Lipinski definition) is 3. The van der Waals surface area contributed by atoms with E-state index in [-0.39, 0.29) is 18.4 Å². The van der Waals surface area contributed by atoms with Crippen LogP contribution in [0.5, 0.6) is 5.75 Å². The lowest BCUT2D eigenvalue weighted by Gasteiger charge is -2.24. The number of ether oxygens (including phenoxy) is 1. The number of aryl methyl sites for hydroxylation is 1. The highest BCUT2D eigenvalue weighted by atomic mass is 19.1. The number of pyridine rings is 1. The fraction of sp³-hybridized carbons (Fsp3) is 0.286. The van der Waals surface area contributed by atoms with Crippen LogP contribution in [0.25, 0.3) is 22.0 Å². The van der Waals surface area contributed by atoms with Gasteiger partial charge in [-0.2, -0.15) is 4.39 Å². The first kappa shape index (κ1) is 24.4. The van der Waals surface area contributed by atoms with Gasteiger partial charge in [0.25, 0.3) is 5.91 Å². The van der Waals surface area contributed by atoms with Gasteiger partial charge >= 0.3 is 0 Å². The van der Waals surface area contributed by atoms with E-state index in [4.69, 9.17) is 4.74 Å². The number of rotatable bonds is 9. The second-order valence-corrected chi connectivity index (χ2v) is 8.73. The highest BCUT2D eigenvalue weighted by Crippen LogP contribution is 2.30. The first-order valence-electron chi connectivity index (χ1n) is 11.8. The number of carbonyl (C=O) groups excluding carboxylic acids is 1. The van der Waals surface area contributed by atoms with E-state index in [2.05, 4.69) is 15.3 Å². The molecule has 0 radical (unpaired) electrons. The molecule has 2 aromatic carbocycles. The monoisotopic (exact) mass is 475 g/mol. The molecule has 0 bridgehead atoms. The second kappa shape index (κ2) is 10.7. The number of carbonyl (C=O) groups is 1. The Hall–Kier alpha value is -3.71. The van der Waals surface area contributed by atoms with E-state index < -0.39 is 12.0 Å². The van der Waals surface area contributed by atoms with Crippen LogP contribution in [0, 0.1) is 12.9 Å². The fourth-order valence-corrected chi connectivity index (χ4v) is 4.20. The lowest BCUT2D eigenvalue weighted by atomic mass is 9.93. The Morgan fingerprint density at radius 2 is 2.00 bits per heavy atom. The molecular formula is C28H30FN3O3. The third-order valence-electron chi connectivity index (χ3n) is 6.26. The van der Waals surface area contributed by atoms with Crippen LogP contribution >= 0.6 is 0 Å². The summed E-state index contributed by atoms with van der Waals surface area (Å²) in [5, 5.41) is 14.2. The number of H-pyrrole nitrogens is 1. The number of fused-ring (bicyclic) bond motifs is 1. The fourth-order valence-electron chi connectivity index (χ4n) is 4.20. The van der Waals surface area contributed by atoms with Gasteiger partial charge in [0.1, 0.15) is 5.75 Å². The van der Waals surface area contributed by atoms with Crippen molar-refractivity contribution in [2.45, 2.75) is 39.2 Å². The number of halogens is 1. The standard InChI is InChI=1S/C28H30FN3O3/c1-4-11-35-26-10-9-19(20-12-17(2)27(29)31-14-20)13-22(26)28(34)32-25(16-33)18(3)23-15-30-24-8-6-5-7-21(23)24/h5-10,12-15,18,25,30,33H,4,11,16H2,1-3H3,(H,32,34)/t18-,25?/m1/s1. The van der Waals surface area contributed by atoms with E-state index in [9.17, 15) is 14.3 Å². The van der Waals surface area contributed by atoms with Crippen molar-refractivity contribution < 1.29 is 19.0 Å². The van der Waals surface area contributed by atoms with Gasteiger partial charge in [0.15, 0.2) is 0 Å². The van der Waals surface area contributed by atoms with Crippen molar-refractivity contribution in [3.05, 3.63) is 83.6 Å². The van der Waals surface area contributed by atoms with E-state index in [1.165, 1.54) is 6.20 Å². The highest BCUT2D eigenvalue weighted by Gasteiger charge is 2.25. The largest absolute Gasteiger partial charge is 0.493 e. The zero-order valence-electron chi connectivity index (χ0n) is 20.1. The van der Waals surface area contributed by atoms with E-state index in [0.29, 0.717) is 29.0 Å². The van der Waals surface area contributed by atoms with E-state index >= 15 is 0 Å². The van der Waals surface area contributed by atoms with Crippen molar-refractivity contribution in [1.82, 2.24) is 15.3 Å². The number of aliphatic hydroxyl groups is 1. The van der Waals surface area contributed by atoms with Crippen molar-refractivity contribution in [1.29, 1.82) is 0 Å². The zero-order valence-corrected chi connectivity index (χ0v) is 20.1. The smallest absolute Gasteiger partial charge is 0.255 e. The zero-order chi connectivity index (χ0) is 24.9. The third kappa shape index (κ3) is 5.20. The van der Waals surface area contributed by atoms with Crippen LogP contribution in [-0.2, 0) is 0 Å². The number of para-hydroxylation sites is 1. The third-order valence-corrected chi connectivity index (χ3v) is 6.26. The van der Waals surface area contributed by atoms with E-state index in [1.54, 1.807) is 25.1 Å². The summed E-state index contributed by atoms with van der Waals surface area (Å²) in [6, 6.07) is 14.4. The molecule has 6 nitrogen and oxygen atoms in total. The van der Waals surface area contributed by atoms with Crippen LogP contribution < -0.4 is 10.1 Å². The van der Waals surface area contributed by atoms with Gasteiger partial charge in [0, 0.05) is 40.3 Å². The molecule has 35 heavy (non-hydrogen) atoms. The van der Waals surface area contributed by atoms with Crippen LogP contribution in [0.1, 0.15) is 47.7 Å². The summed E-state index contributed by atoms with van der Waals surface area (Å²) in [6.45, 7) is 5.86. The van der Waals surface area contributed by atoms with Crippen molar-refractivity contribution in [3.63, 3.8) is 0 Å². The molecule has 0 saturated carbocycles. The average molecular weight is 476 g/mol. The number of nitrogens with zero attached hydrogens (tertiary/aromatic N) is 1. The maximum atomic E-state index is 13.7. The summed E-state index contributed by atoms with van der Waals surface area (Å²) in [7, 11) is 0. The Morgan fingerprint density at radius 1 is 1.20 bits per heavy atom. The molecular weight excluding hydrogens is 445 g/mol. The molecule has 1 unspecified atom stereocenters. The first-order chi connectivity index (χ1) is 16.9. The molecule has 0 saturated heterocycles. The van der Waals surface area contributed by atoms with Crippen LogP contribution in [0.15, 0.2) is 60.9 Å². The van der Waals surface area contributed by atoms with Crippen molar-refractivity contribution in [2.75, 3.05) is 13.2 Å². The van der Waals surface area contributed by atoms with E-state index in [1.807, 2.05) is 50.4 Å². The lowest BCUT2D eigenvalue weighted by Crippen LogP contribution is -2.41. The molecule has 0 spiro atoms. The maximum Gasteiger partial charge on any atom is 0.255 e. The first-order valence-corrected chi connectivity index (χ1v) is 11.8. The number of nitrogens with one attached hydrogen (secondary N) is 2. The molecule has 4 aromatic rings. The van der Waals surface area contributed by atoms with Gasteiger partial charge in [-0.25, -0.2) is 4.98 Å². The maximum absolute atomic E-state index is 13.7. The Balaban J connectivity index is 1.64. The minimum absolute atomic E-state index is 0.146. The molecule has 1 amide bonds. The molecule has 0 aliphatic carbocycles. The highest BCUT2D eigenvalue weighted by molar-refractivity contribution is 5.98. The lowest BCUT2D eigenvalue weighted by molar-refractivity contribution is 0.0903. The minimum atomic E-state index is -0.522. The van der Waals surface area contributed by atoms with Crippen molar-refractivity contribution in [3.8, 4) is 16.9 Å². The summed E-state index contributed by atoms with van der Waals surface area (Å²) in [5.41, 5.74) is 4.22. The van der Waals surface area contributed by atoms with Crippen molar-refractivity contribution in [2.24, 2.45) is 0 Å². The van der Waals surface area contributed by atoms with Crippen LogP contribution in [0.2, 0.25) is 0 Å². The SMILES string of the molecule is CCCOc1ccc(-c2cnc(F)c(C)c2)cc1C(=O)NC(CO)[C@H](C)c1c[nH]c2ccccc12. The Labute approximate surface area is 204 Å². The molecule has 4 rings (SSSR count). The number of aromatic nitrogens is 2. The molecule has 0 fully saturated rings. The quantitative estimate of drug-likeness (QED) is 0.284. The summed E-state index contributed by atoms with van der Waals surface area (Å²) >= 11 is 0. The molecule has 182 valence electrons.